The van der Waals surface area contributed by atoms with Gasteiger partial charge in [-0.2, -0.15) is 0 Å². The summed E-state index contributed by atoms with van der Waals surface area (Å²) in [6, 6.07) is 27.4. The van der Waals surface area contributed by atoms with Gasteiger partial charge in [0, 0.05) is 16.8 Å². The molecule has 4 rings (SSSR count). The number of hydrogen-bond acceptors (Lipinski definition) is 1. The summed E-state index contributed by atoms with van der Waals surface area (Å²) in [4.78, 5) is 1.83. The molecule has 0 N–H and O–H groups in total. The quantitative estimate of drug-likeness (QED) is 0.496. The van der Waals surface area contributed by atoms with Crippen LogP contribution in [0.5, 0.6) is 0 Å². The number of nitrogens with zero attached hydrogens (tertiary/aromatic N) is 1. The van der Waals surface area contributed by atoms with Crippen molar-refractivity contribution in [2.75, 3.05) is 4.90 Å². The standard InChI is InChI=1S/C21H18ClN/c1-2-21(22)17-12-6-8-14-19(17)23(16-10-4-3-5-11-16)20-15-9-7-13-18(20)21/h3-15H,2H2,1H3. The molecule has 0 unspecified atom stereocenters. The van der Waals surface area contributed by atoms with Crippen LogP contribution in [0.4, 0.5) is 17.1 Å². The van der Waals surface area contributed by atoms with Gasteiger partial charge in [-0.3, -0.25) is 0 Å². The third-order valence-corrected chi connectivity index (χ3v) is 5.32. The highest BCUT2D eigenvalue weighted by atomic mass is 35.5. The lowest BCUT2D eigenvalue weighted by molar-refractivity contribution is 0.686. The lowest BCUT2D eigenvalue weighted by Gasteiger charge is -2.41. The number of benzene rings is 3. The molecule has 2 heteroatoms. The van der Waals surface area contributed by atoms with E-state index in [9.17, 15) is 0 Å². The van der Waals surface area contributed by atoms with Crippen LogP contribution in [0.1, 0.15) is 24.5 Å². The van der Waals surface area contributed by atoms with Crippen molar-refractivity contribution in [3.05, 3.63) is 90.0 Å². The van der Waals surface area contributed by atoms with Gasteiger partial charge in [0.15, 0.2) is 0 Å². The molecule has 0 aromatic heterocycles. The summed E-state index contributed by atoms with van der Waals surface area (Å²) in [5.74, 6) is 0. The van der Waals surface area contributed by atoms with Crippen molar-refractivity contribution in [2.24, 2.45) is 0 Å². The SMILES string of the molecule is CCC1(Cl)c2ccccc2N(c2ccccc2)c2ccccc21. The molecule has 0 aliphatic carbocycles. The molecule has 23 heavy (non-hydrogen) atoms. The van der Waals surface area contributed by atoms with Gasteiger partial charge in [0.1, 0.15) is 0 Å². The molecule has 3 aromatic rings. The van der Waals surface area contributed by atoms with Crippen LogP contribution in [0, 0.1) is 0 Å². The van der Waals surface area contributed by atoms with E-state index in [1.165, 1.54) is 11.1 Å². The molecule has 1 aliphatic heterocycles. The van der Waals surface area contributed by atoms with Crippen molar-refractivity contribution in [3.63, 3.8) is 0 Å². The topological polar surface area (TPSA) is 3.24 Å². The molecule has 0 atom stereocenters. The number of halogens is 1. The van der Waals surface area contributed by atoms with Crippen molar-refractivity contribution in [1.29, 1.82) is 0 Å². The number of para-hydroxylation sites is 3. The van der Waals surface area contributed by atoms with Crippen LogP contribution in [0.3, 0.4) is 0 Å². The monoisotopic (exact) mass is 319 g/mol. The molecule has 0 saturated carbocycles. The minimum absolute atomic E-state index is 0.474. The Morgan fingerprint density at radius 2 is 1.22 bits per heavy atom. The van der Waals surface area contributed by atoms with Gasteiger partial charge in [-0.05, 0) is 30.7 Å². The van der Waals surface area contributed by atoms with Gasteiger partial charge >= 0.3 is 0 Å². The van der Waals surface area contributed by atoms with Gasteiger partial charge in [0.05, 0.1) is 16.2 Å². The van der Waals surface area contributed by atoms with Crippen LogP contribution in [-0.4, -0.2) is 0 Å². The summed E-state index contributed by atoms with van der Waals surface area (Å²) >= 11 is 7.15. The molecule has 0 amide bonds. The van der Waals surface area contributed by atoms with Gasteiger partial charge in [0.25, 0.3) is 0 Å². The van der Waals surface area contributed by atoms with Crippen molar-refractivity contribution >= 4 is 28.7 Å². The lowest BCUT2D eigenvalue weighted by atomic mass is 9.82. The summed E-state index contributed by atoms with van der Waals surface area (Å²) < 4.78 is 0. The summed E-state index contributed by atoms with van der Waals surface area (Å²) in [6.45, 7) is 2.15. The molecular formula is C21H18ClN. The largest absolute Gasteiger partial charge is 0.310 e. The van der Waals surface area contributed by atoms with Crippen LogP contribution in [0.25, 0.3) is 0 Å². The zero-order valence-electron chi connectivity index (χ0n) is 13.0. The van der Waals surface area contributed by atoms with Gasteiger partial charge in [0.2, 0.25) is 0 Å². The van der Waals surface area contributed by atoms with Gasteiger partial charge < -0.3 is 4.90 Å². The lowest BCUT2D eigenvalue weighted by Crippen LogP contribution is -2.30. The Hall–Kier alpha value is -2.25. The average Bonchev–Trinajstić information content (AvgIpc) is 2.63. The fourth-order valence-electron chi connectivity index (χ4n) is 3.52. The third-order valence-electron chi connectivity index (χ3n) is 4.65. The average molecular weight is 320 g/mol. The number of fused-ring (bicyclic) bond motifs is 2. The molecule has 3 aromatic carbocycles. The first-order chi connectivity index (χ1) is 11.3. The smallest absolute Gasteiger partial charge is 0.0981 e. The molecule has 0 fully saturated rings. The minimum atomic E-state index is -0.474. The van der Waals surface area contributed by atoms with Crippen LogP contribution >= 0.6 is 11.6 Å². The van der Waals surface area contributed by atoms with Crippen molar-refractivity contribution in [1.82, 2.24) is 0 Å². The van der Waals surface area contributed by atoms with Crippen LogP contribution in [0.15, 0.2) is 78.9 Å². The zero-order valence-corrected chi connectivity index (χ0v) is 13.8. The molecule has 1 nitrogen and oxygen atoms in total. The van der Waals surface area contributed by atoms with Gasteiger partial charge in [-0.1, -0.05) is 61.5 Å². The van der Waals surface area contributed by atoms with Gasteiger partial charge in [-0.15, -0.1) is 11.6 Å². The highest BCUT2D eigenvalue weighted by molar-refractivity contribution is 6.27. The van der Waals surface area contributed by atoms with E-state index in [-0.39, 0.29) is 0 Å². The summed E-state index contributed by atoms with van der Waals surface area (Å²) in [5.41, 5.74) is 5.82. The maximum atomic E-state index is 7.15. The summed E-state index contributed by atoms with van der Waals surface area (Å²) in [5, 5.41) is 0. The number of rotatable bonds is 2. The molecule has 0 saturated heterocycles. The number of hydrogen-bond donors (Lipinski definition) is 0. The van der Waals surface area contributed by atoms with Crippen molar-refractivity contribution < 1.29 is 0 Å². The van der Waals surface area contributed by atoms with Crippen molar-refractivity contribution in [3.8, 4) is 0 Å². The molecule has 114 valence electrons. The molecule has 0 spiro atoms. The highest BCUT2D eigenvalue weighted by Crippen LogP contribution is 2.54. The summed E-state index contributed by atoms with van der Waals surface area (Å²) in [7, 11) is 0. The molecular weight excluding hydrogens is 302 g/mol. The highest BCUT2D eigenvalue weighted by Gasteiger charge is 2.40. The Kier molecular flexibility index (Phi) is 3.39. The zero-order chi connectivity index (χ0) is 15.9. The summed E-state index contributed by atoms with van der Waals surface area (Å²) in [6.07, 6.45) is 0.852. The van der Waals surface area contributed by atoms with Crippen LogP contribution < -0.4 is 4.90 Å². The van der Waals surface area contributed by atoms with Gasteiger partial charge in [-0.25, -0.2) is 0 Å². The van der Waals surface area contributed by atoms with E-state index in [0.29, 0.717) is 0 Å². The fraction of sp³-hybridized carbons (Fsp3) is 0.143. The maximum Gasteiger partial charge on any atom is 0.0981 e. The normalized spacial score (nSPS) is 15.0. The molecule has 1 heterocycles. The third kappa shape index (κ3) is 2.08. The Morgan fingerprint density at radius 3 is 1.74 bits per heavy atom. The van der Waals surface area contributed by atoms with Crippen LogP contribution in [-0.2, 0) is 4.87 Å². The molecule has 0 radical (unpaired) electrons. The van der Waals surface area contributed by atoms with Crippen molar-refractivity contribution in [2.45, 2.75) is 18.2 Å². The second-order valence-corrected chi connectivity index (χ2v) is 6.51. The van der Waals surface area contributed by atoms with E-state index >= 15 is 0 Å². The predicted molar refractivity (Wildman–Crippen MR) is 98.0 cm³/mol. The number of alkyl halides is 1. The fourth-order valence-corrected chi connectivity index (χ4v) is 3.84. The first kappa shape index (κ1) is 14.3. The Bertz CT molecular complexity index is 794. The second kappa shape index (κ2) is 5.43. The molecule has 0 bridgehead atoms. The molecule has 1 aliphatic rings. The Morgan fingerprint density at radius 1 is 0.739 bits per heavy atom. The first-order valence-electron chi connectivity index (χ1n) is 7.99. The minimum Gasteiger partial charge on any atom is -0.310 e. The number of anilines is 3. The van der Waals surface area contributed by atoms with E-state index in [1.807, 2.05) is 6.07 Å². The maximum absolute atomic E-state index is 7.15. The van der Waals surface area contributed by atoms with E-state index in [0.717, 1.165) is 23.5 Å². The van der Waals surface area contributed by atoms with E-state index in [2.05, 4.69) is 84.6 Å². The second-order valence-electron chi connectivity index (χ2n) is 5.86. The Labute approximate surface area is 142 Å². The first-order valence-corrected chi connectivity index (χ1v) is 8.36. The van der Waals surface area contributed by atoms with E-state index in [1.54, 1.807) is 0 Å². The van der Waals surface area contributed by atoms with Crippen LogP contribution in [0.2, 0.25) is 0 Å². The van der Waals surface area contributed by atoms with E-state index < -0.39 is 4.87 Å². The Balaban J connectivity index is 2.05. The predicted octanol–water partition coefficient (Wildman–Crippen LogP) is 6.36. The van der Waals surface area contributed by atoms with E-state index in [4.69, 9.17) is 11.6 Å².